The minimum atomic E-state index is 1.00. The van der Waals surface area contributed by atoms with Crippen molar-refractivity contribution in [2.75, 3.05) is 0 Å². The summed E-state index contributed by atoms with van der Waals surface area (Å²) in [5.41, 5.74) is 16.8. The highest BCUT2D eigenvalue weighted by Gasteiger charge is 2.27. The summed E-state index contributed by atoms with van der Waals surface area (Å²) < 4.78 is 0. The largest absolute Gasteiger partial charge is 0.361 e. The van der Waals surface area contributed by atoms with Gasteiger partial charge >= 0.3 is 0 Å². The topological polar surface area (TPSA) is 31.6 Å². The van der Waals surface area contributed by atoms with Crippen molar-refractivity contribution in [1.29, 1.82) is 0 Å². The number of benzene rings is 2. The minimum absolute atomic E-state index is 1.00. The Labute approximate surface area is 185 Å². The first-order chi connectivity index (χ1) is 15.2. The van der Waals surface area contributed by atoms with Crippen molar-refractivity contribution in [2.24, 2.45) is 0 Å². The number of aromatic nitrogens is 2. The zero-order valence-corrected chi connectivity index (χ0v) is 19.2. The summed E-state index contributed by atoms with van der Waals surface area (Å²) in [7, 11) is 0. The van der Waals surface area contributed by atoms with Crippen LogP contribution < -0.4 is 0 Å². The molecule has 1 aliphatic carbocycles. The Kier molecular flexibility index (Phi) is 5.09. The molecule has 0 spiro atoms. The van der Waals surface area contributed by atoms with Crippen LogP contribution in [0.25, 0.3) is 33.6 Å². The Morgan fingerprint density at radius 3 is 1.94 bits per heavy atom. The van der Waals surface area contributed by atoms with Gasteiger partial charge in [-0.3, -0.25) is 0 Å². The third kappa shape index (κ3) is 3.00. The van der Waals surface area contributed by atoms with E-state index < -0.39 is 0 Å². The minimum Gasteiger partial charge on any atom is -0.361 e. The molecule has 1 aliphatic rings. The molecule has 4 aromatic rings. The fourth-order valence-electron chi connectivity index (χ4n) is 5.60. The zero-order chi connectivity index (χ0) is 21.5. The molecule has 2 heteroatoms. The van der Waals surface area contributed by atoms with E-state index in [-0.39, 0.29) is 0 Å². The van der Waals surface area contributed by atoms with E-state index in [0.29, 0.717) is 0 Å². The molecule has 0 fully saturated rings. The van der Waals surface area contributed by atoms with Crippen molar-refractivity contribution in [1.82, 2.24) is 9.97 Å². The Morgan fingerprint density at radius 1 is 0.645 bits per heavy atom. The lowest BCUT2D eigenvalue weighted by molar-refractivity contribution is 1.05. The van der Waals surface area contributed by atoms with Gasteiger partial charge < -0.3 is 9.97 Å². The summed E-state index contributed by atoms with van der Waals surface area (Å²) in [5.74, 6) is 0. The molecule has 0 saturated heterocycles. The van der Waals surface area contributed by atoms with Gasteiger partial charge in [0.05, 0.1) is 0 Å². The average molecular weight is 409 g/mol. The fourth-order valence-corrected chi connectivity index (χ4v) is 5.60. The number of nitrogens with one attached hydrogen (secondary N) is 2. The first-order valence-electron chi connectivity index (χ1n) is 11.8. The van der Waals surface area contributed by atoms with Crippen LogP contribution in [0.2, 0.25) is 0 Å². The molecular weight excluding hydrogens is 376 g/mol. The summed E-state index contributed by atoms with van der Waals surface area (Å²) >= 11 is 0. The predicted molar refractivity (Wildman–Crippen MR) is 132 cm³/mol. The van der Waals surface area contributed by atoms with Gasteiger partial charge in [-0.1, -0.05) is 64.1 Å². The molecule has 2 aromatic carbocycles. The highest BCUT2D eigenvalue weighted by Crippen LogP contribution is 2.47. The number of H-pyrrole nitrogens is 2. The molecule has 0 radical (unpaired) electrons. The first kappa shape index (κ1) is 19.9. The second kappa shape index (κ2) is 7.92. The SMILES string of the molecule is CCc1c[nH]c(-c2ccc3c(c2-c2[nH]cc(CC)c2CC)Cc2ccccc2-3)c1CC. The lowest BCUT2D eigenvalue weighted by atomic mass is 9.88. The molecule has 0 atom stereocenters. The summed E-state index contributed by atoms with van der Waals surface area (Å²) in [6.45, 7) is 9.06. The van der Waals surface area contributed by atoms with Crippen LogP contribution in [0.5, 0.6) is 0 Å². The maximum atomic E-state index is 3.70. The number of hydrogen-bond acceptors (Lipinski definition) is 0. The summed E-state index contributed by atoms with van der Waals surface area (Å²) in [4.78, 5) is 7.36. The molecule has 0 unspecified atom stereocenters. The van der Waals surface area contributed by atoms with Gasteiger partial charge in [0.2, 0.25) is 0 Å². The molecule has 2 nitrogen and oxygen atoms in total. The van der Waals surface area contributed by atoms with Crippen LogP contribution in [0.4, 0.5) is 0 Å². The van der Waals surface area contributed by atoms with Crippen molar-refractivity contribution in [3.63, 3.8) is 0 Å². The Hall–Kier alpha value is -3.00. The van der Waals surface area contributed by atoms with Crippen LogP contribution >= 0.6 is 0 Å². The van der Waals surface area contributed by atoms with Crippen LogP contribution in [-0.4, -0.2) is 9.97 Å². The van der Waals surface area contributed by atoms with Gasteiger partial charge in [-0.2, -0.15) is 0 Å². The summed E-state index contributed by atoms with van der Waals surface area (Å²) in [6, 6.07) is 13.6. The Bertz CT molecular complexity index is 1250. The molecule has 31 heavy (non-hydrogen) atoms. The molecule has 2 aromatic heterocycles. The molecule has 0 amide bonds. The van der Waals surface area contributed by atoms with Crippen LogP contribution in [0.15, 0.2) is 48.8 Å². The zero-order valence-electron chi connectivity index (χ0n) is 19.2. The maximum absolute atomic E-state index is 3.70. The highest BCUT2D eigenvalue weighted by molar-refractivity contribution is 5.93. The van der Waals surface area contributed by atoms with Gasteiger partial charge in [0.15, 0.2) is 0 Å². The highest BCUT2D eigenvalue weighted by atomic mass is 14.7. The van der Waals surface area contributed by atoms with E-state index in [2.05, 4.69) is 86.5 Å². The average Bonchev–Trinajstić information content (AvgIpc) is 3.51. The van der Waals surface area contributed by atoms with Gasteiger partial charge in [0, 0.05) is 34.9 Å². The molecule has 158 valence electrons. The second-order valence-corrected chi connectivity index (χ2v) is 8.60. The van der Waals surface area contributed by atoms with Crippen LogP contribution in [0.1, 0.15) is 61.1 Å². The standard InChI is InChI=1S/C29H32N2/c1-5-18-16-30-28(21(18)7-3)25-14-13-24-23-12-10-9-11-20(23)15-26(24)27(25)29-22(8-4)19(6-2)17-31-29/h9-14,16-17,30-31H,5-8,15H2,1-4H3. The normalized spacial score (nSPS) is 12.3. The van der Waals surface area contributed by atoms with Gasteiger partial charge in [-0.15, -0.1) is 0 Å². The van der Waals surface area contributed by atoms with E-state index in [0.717, 1.165) is 32.1 Å². The van der Waals surface area contributed by atoms with E-state index in [1.54, 1.807) is 0 Å². The molecule has 0 aliphatic heterocycles. The van der Waals surface area contributed by atoms with Crippen molar-refractivity contribution in [3.8, 4) is 33.6 Å². The third-order valence-electron chi connectivity index (χ3n) is 7.14. The van der Waals surface area contributed by atoms with Gasteiger partial charge in [-0.25, -0.2) is 0 Å². The molecular formula is C29H32N2. The molecule has 0 bridgehead atoms. The maximum Gasteiger partial charge on any atom is 0.0499 e. The second-order valence-electron chi connectivity index (χ2n) is 8.60. The number of rotatable bonds is 6. The van der Waals surface area contributed by atoms with E-state index in [4.69, 9.17) is 0 Å². The molecule has 2 heterocycles. The first-order valence-corrected chi connectivity index (χ1v) is 11.8. The monoisotopic (exact) mass is 408 g/mol. The van der Waals surface area contributed by atoms with Crippen LogP contribution in [0.3, 0.4) is 0 Å². The Balaban J connectivity index is 1.83. The summed E-state index contributed by atoms with van der Waals surface area (Å²) in [6.07, 6.45) is 9.66. The van der Waals surface area contributed by atoms with Crippen molar-refractivity contribution >= 4 is 0 Å². The lowest BCUT2D eigenvalue weighted by Gasteiger charge is -2.17. The van der Waals surface area contributed by atoms with E-state index in [9.17, 15) is 0 Å². The molecule has 5 rings (SSSR count). The number of fused-ring (bicyclic) bond motifs is 3. The number of hydrogen-bond donors (Lipinski definition) is 2. The van der Waals surface area contributed by atoms with Gasteiger partial charge in [0.25, 0.3) is 0 Å². The van der Waals surface area contributed by atoms with Crippen molar-refractivity contribution in [3.05, 3.63) is 82.2 Å². The van der Waals surface area contributed by atoms with Crippen molar-refractivity contribution in [2.45, 2.75) is 59.8 Å². The predicted octanol–water partition coefficient (Wildman–Crippen LogP) is 7.50. The van der Waals surface area contributed by atoms with Crippen molar-refractivity contribution < 1.29 is 0 Å². The number of aromatic amines is 2. The fraction of sp³-hybridized carbons (Fsp3) is 0.310. The lowest BCUT2D eigenvalue weighted by Crippen LogP contribution is -1.98. The van der Waals surface area contributed by atoms with Crippen LogP contribution in [0, 0.1) is 0 Å². The smallest absolute Gasteiger partial charge is 0.0499 e. The Morgan fingerprint density at radius 2 is 1.26 bits per heavy atom. The third-order valence-corrected chi connectivity index (χ3v) is 7.14. The van der Waals surface area contributed by atoms with Gasteiger partial charge in [0.1, 0.15) is 0 Å². The molecule has 0 saturated carbocycles. The van der Waals surface area contributed by atoms with E-state index >= 15 is 0 Å². The van der Waals surface area contributed by atoms with Crippen LogP contribution in [-0.2, 0) is 32.1 Å². The number of aryl methyl sites for hydroxylation is 2. The van der Waals surface area contributed by atoms with Gasteiger partial charge in [-0.05, 0) is 76.6 Å². The van der Waals surface area contributed by atoms with E-state index in [1.165, 1.54) is 67.0 Å². The summed E-state index contributed by atoms with van der Waals surface area (Å²) in [5, 5.41) is 0. The quantitative estimate of drug-likeness (QED) is 0.291. The van der Waals surface area contributed by atoms with E-state index in [1.807, 2.05) is 0 Å². The molecule has 2 N–H and O–H groups in total.